The van der Waals surface area contributed by atoms with Crippen molar-refractivity contribution >= 4 is 46.4 Å². The maximum absolute atomic E-state index is 7.99. The van der Waals surface area contributed by atoms with Crippen LogP contribution in [0.2, 0.25) is 0 Å². The second kappa shape index (κ2) is 11.0. The molecule has 1 unspecified atom stereocenters. The fourth-order valence-corrected chi connectivity index (χ4v) is 0. The van der Waals surface area contributed by atoms with Crippen molar-refractivity contribution in [2.45, 2.75) is 5.56 Å². The number of hydrogen-bond donors (Lipinski definition) is 1. The van der Waals surface area contributed by atoms with Crippen LogP contribution in [-0.4, -0.2) is 21.9 Å². The molecule has 0 saturated heterocycles. The standard InChI is InChI=1S/C2H4Cl2O.CH2Cl2/c3-1-2(4)5;2-1-3/h2,5H,1H2;1H2. The maximum atomic E-state index is 7.99. The van der Waals surface area contributed by atoms with Crippen LogP contribution < -0.4 is 0 Å². The molecular weight excluding hydrogens is 194 g/mol. The molecule has 0 aliphatic heterocycles. The quantitative estimate of drug-likeness (QED) is 0.643. The lowest BCUT2D eigenvalue weighted by atomic mass is 10.9. The van der Waals surface area contributed by atoms with Gasteiger partial charge in [0.2, 0.25) is 0 Å². The molecule has 1 N–H and O–H groups in total. The lowest BCUT2D eigenvalue weighted by molar-refractivity contribution is 0.280. The Hall–Kier alpha value is 1.12. The van der Waals surface area contributed by atoms with Gasteiger partial charge in [0, 0.05) is 0 Å². The number of aliphatic hydroxyl groups excluding tert-OH is 1. The molecule has 0 heterocycles. The Bertz CT molecular complexity index is 32.5. The summed E-state index contributed by atoms with van der Waals surface area (Å²) in [5, 5.41) is 8.19. The number of hydrogen-bond acceptors (Lipinski definition) is 1. The molecule has 5 heteroatoms. The molecule has 0 spiro atoms. The summed E-state index contributed by atoms with van der Waals surface area (Å²) in [6.45, 7) is 0. The zero-order valence-corrected chi connectivity index (χ0v) is 6.97. The summed E-state index contributed by atoms with van der Waals surface area (Å²) in [6.07, 6.45) is 0. The minimum atomic E-state index is -0.878. The largest absolute Gasteiger partial charge is 0.376 e. The minimum Gasteiger partial charge on any atom is -0.376 e. The summed E-state index contributed by atoms with van der Waals surface area (Å²) in [5.74, 6) is 0.0988. The highest BCUT2D eigenvalue weighted by Crippen LogP contribution is 1.89. The Labute approximate surface area is 68.5 Å². The summed E-state index contributed by atoms with van der Waals surface area (Å²) >= 11 is 19.4. The highest BCUT2D eigenvalue weighted by molar-refractivity contribution is 6.40. The molecule has 0 saturated carbocycles. The van der Waals surface area contributed by atoms with Gasteiger partial charge in [-0.05, 0) is 0 Å². The minimum absolute atomic E-state index is 0.0988. The third-order valence-corrected chi connectivity index (χ3v) is 0.732. The van der Waals surface area contributed by atoms with E-state index in [1.54, 1.807) is 0 Å². The zero-order chi connectivity index (χ0) is 6.99. The first kappa shape index (κ1) is 11.9. The van der Waals surface area contributed by atoms with Gasteiger partial charge in [-0.3, -0.25) is 0 Å². The van der Waals surface area contributed by atoms with Crippen LogP contribution >= 0.6 is 46.4 Å². The molecule has 0 aliphatic carbocycles. The third kappa shape index (κ3) is 27.4. The van der Waals surface area contributed by atoms with E-state index in [1.807, 2.05) is 0 Å². The predicted molar refractivity (Wildman–Crippen MR) is 39.2 cm³/mol. The van der Waals surface area contributed by atoms with E-state index in [2.05, 4.69) is 0 Å². The van der Waals surface area contributed by atoms with Crippen molar-refractivity contribution in [3.63, 3.8) is 0 Å². The van der Waals surface area contributed by atoms with Gasteiger partial charge < -0.3 is 5.11 Å². The van der Waals surface area contributed by atoms with Gasteiger partial charge in [-0.2, -0.15) is 0 Å². The van der Waals surface area contributed by atoms with Crippen LogP contribution in [0.15, 0.2) is 0 Å². The Morgan fingerprint density at radius 3 is 1.38 bits per heavy atom. The monoisotopic (exact) mass is 198 g/mol. The van der Waals surface area contributed by atoms with Gasteiger partial charge in [-0.1, -0.05) is 11.6 Å². The van der Waals surface area contributed by atoms with E-state index >= 15 is 0 Å². The SMILES string of the molecule is ClCCl.OC(Cl)CCl. The first-order valence-corrected chi connectivity index (χ1v) is 3.73. The van der Waals surface area contributed by atoms with Crippen LogP contribution in [0, 0.1) is 0 Å². The van der Waals surface area contributed by atoms with Gasteiger partial charge in [0.25, 0.3) is 0 Å². The van der Waals surface area contributed by atoms with Gasteiger partial charge in [-0.15, -0.1) is 34.8 Å². The highest BCUT2D eigenvalue weighted by atomic mass is 35.5. The molecular formula is C3H6Cl4O. The average molecular weight is 200 g/mol. The van der Waals surface area contributed by atoms with Crippen LogP contribution in [0.1, 0.15) is 0 Å². The van der Waals surface area contributed by atoms with Crippen LogP contribution in [0.5, 0.6) is 0 Å². The van der Waals surface area contributed by atoms with Crippen molar-refractivity contribution in [3.05, 3.63) is 0 Å². The first-order valence-electron chi connectivity index (χ1n) is 1.69. The van der Waals surface area contributed by atoms with Crippen molar-refractivity contribution in [1.82, 2.24) is 0 Å². The summed E-state index contributed by atoms with van der Waals surface area (Å²) in [7, 11) is 0. The van der Waals surface area contributed by atoms with Crippen molar-refractivity contribution in [2.75, 3.05) is 11.2 Å². The van der Waals surface area contributed by atoms with E-state index in [9.17, 15) is 0 Å². The normalized spacial score (nSPS) is 11.6. The van der Waals surface area contributed by atoms with Crippen molar-refractivity contribution < 1.29 is 5.11 Å². The molecule has 1 atom stereocenters. The summed E-state index contributed by atoms with van der Waals surface area (Å²) in [4.78, 5) is 0. The summed E-state index contributed by atoms with van der Waals surface area (Å²) < 4.78 is 0. The Morgan fingerprint density at radius 1 is 1.25 bits per heavy atom. The number of rotatable bonds is 1. The number of alkyl halides is 4. The Kier molecular flexibility index (Phi) is 16.3. The van der Waals surface area contributed by atoms with Crippen LogP contribution in [-0.2, 0) is 0 Å². The first-order chi connectivity index (χ1) is 3.68. The zero-order valence-electron chi connectivity index (χ0n) is 3.95. The van der Waals surface area contributed by atoms with Crippen LogP contribution in [0.3, 0.4) is 0 Å². The molecule has 0 amide bonds. The highest BCUT2D eigenvalue weighted by Gasteiger charge is 1.87. The molecule has 0 radical (unpaired) electrons. The topological polar surface area (TPSA) is 20.2 Å². The molecule has 8 heavy (non-hydrogen) atoms. The van der Waals surface area contributed by atoms with Gasteiger partial charge in [0.1, 0.15) is 5.56 Å². The Morgan fingerprint density at radius 2 is 1.38 bits per heavy atom. The van der Waals surface area contributed by atoms with Crippen molar-refractivity contribution in [2.24, 2.45) is 0 Å². The van der Waals surface area contributed by atoms with E-state index in [4.69, 9.17) is 51.5 Å². The molecule has 0 aromatic heterocycles. The molecule has 0 fully saturated rings. The third-order valence-electron chi connectivity index (χ3n) is 0.127. The number of halogens is 4. The maximum Gasteiger partial charge on any atom is 0.141 e. The van der Waals surface area contributed by atoms with Crippen molar-refractivity contribution in [1.29, 1.82) is 0 Å². The summed E-state index contributed by atoms with van der Waals surface area (Å²) in [6, 6.07) is 0. The average Bonchev–Trinajstić information content (AvgIpc) is 1.69. The van der Waals surface area contributed by atoms with Gasteiger partial charge in [0.15, 0.2) is 0 Å². The lowest BCUT2D eigenvalue weighted by Gasteiger charge is -1.85. The van der Waals surface area contributed by atoms with Gasteiger partial charge in [0.05, 0.1) is 11.2 Å². The van der Waals surface area contributed by atoms with E-state index in [0.29, 0.717) is 0 Å². The number of aliphatic hydroxyl groups is 1. The van der Waals surface area contributed by atoms with Crippen LogP contribution in [0.25, 0.3) is 0 Å². The fraction of sp³-hybridized carbons (Fsp3) is 1.00. The second-order valence-electron chi connectivity index (χ2n) is 0.690. The predicted octanol–water partition coefficient (Wildman–Crippen LogP) is 2.20. The van der Waals surface area contributed by atoms with E-state index in [0.717, 1.165) is 0 Å². The van der Waals surface area contributed by atoms with Gasteiger partial charge >= 0.3 is 0 Å². The van der Waals surface area contributed by atoms with Gasteiger partial charge in [-0.25, -0.2) is 0 Å². The molecule has 52 valence electrons. The van der Waals surface area contributed by atoms with E-state index in [-0.39, 0.29) is 11.2 Å². The molecule has 0 aromatic carbocycles. The van der Waals surface area contributed by atoms with E-state index in [1.165, 1.54) is 0 Å². The van der Waals surface area contributed by atoms with Crippen LogP contribution in [0.4, 0.5) is 0 Å². The Balaban J connectivity index is 0. The fourth-order valence-electron chi connectivity index (χ4n) is 0. The molecule has 0 bridgehead atoms. The molecule has 0 aliphatic rings. The lowest BCUT2D eigenvalue weighted by Crippen LogP contribution is -1.93. The molecule has 0 rings (SSSR count). The molecule has 1 nitrogen and oxygen atoms in total. The van der Waals surface area contributed by atoms with Crippen molar-refractivity contribution in [3.8, 4) is 0 Å². The second-order valence-corrected chi connectivity index (χ2v) is 2.31. The summed E-state index contributed by atoms with van der Waals surface area (Å²) in [5.41, 5.74) is -0.878. The smallest absolute Gasteiger partial charge is 0.141 e. The van der Waals surface area contributed by atoms with E-state index < -0.39 is 5.56 Å². The molecule has 0 aromatic rings.